The summed E-state index contributed by atoms with van der Waals surface area (Å²) >= 11 is 24.7. The summed E-state index contributed by atoms with van der Waals surface area (Å²) in [5.74, 6) is 0.951. The van der Waals surface area contributed by atoms with E-state index in [2.05, 4.69) is 10.5 Å². The van der Waals surface area contributed by atoms with Crippen LogP contribution in [0, 0.1) is 0 Å². The molecule has 8 heteroatoms. The number of hydrogen-bond acceptors (Lipinski definition) is 4. The molecule has 0 aliphatic rings. The van der Waals surface area contributed by atoms with Crippen LogP contribution >= 0.6 is 46.4 Å². The number of hydrazone groups is 1. The SMILES string of the molecule is COc1cc(/C=N\NCc2c(Cl)cccc2Cl)cc(Cl)c1OCc1cccc(Cl)c1. The highest BCUT2D eigenvalue weighted by Gasteiger charge is 2.12. The molecule has 156 valence electrons. The summed E-state index contributed by atoms with van der Waals surface area (Å²) in [4.78, 5) is 0. The second-order valence-electron chi connectivity index (χ2n) is 6.25. The fraction of sp³-hybridized carbons (Fsp3) is 0.136. The van der Waals surface area contributed by atoms with Crippen LogP contribution in [0.15, 0.2) is 59.7 Å². The van der Waals surface area contributed by atoms with Crippen molar-refractivity contribution in [1.29, 1.82) is 0 Å². The zero-order chi connectivity index (χ0) is 21.5. The van der Waals surface area contributed by atoms with Gasteiger partial charge in [-0.1, -0.05) is 64.6 Å². The fourth-order valence-electron chi connectivity index (χ4n) is 2.68. The average Bonchev–Trinajstić information content (AvgIpc) is 2.71. The molecular formula is C22H18Cl4N2O2. The number of ether oxygens (including phenoxy) is 2. The first-order valence-electron chi connectivity index (χ1n) is 8.91. The highest BCUT2D eigenvalue weighted by molar-refractivity contribution is 6.36. The third-order valence-corrected chi connectivity index (χ3v) is 5.37. The van der Waals surface area contributed by atoms with E-state index in [0.717, 1.165) is 16.7 Å². The van der Waals surface area contributed by atoms with E-state index >= 15 is 0 Å². The molecule has 0 unspecified atom stereocenters. The summed E-state index contributed by atoms with van der Waals surface area (Å²) in [6, 6.07) is 16.3. The highest BCUT2D eigenvalue weighted by atomic mass is 35.5. The predicted molar refractivity (Wildman–Crippen MR) is 125 cm³/mol. The Morgan fingerprint density at radius 1 is 0.933 bits per heavy atom. The minimum atomic E-state index is 0.310. The van der Waals surface area contributed by atoms with Crippen molar-refractivity contribution in [1.82, 2.24) is 5.43 Å². The van der Waals surface area contributed by atoms with Gasteiger partial charge in [0.1, 0.15) is 6.61 Å². The standard InChI is InChI=1S/C22H18Cl4N2O2/c1-29-21-10-15(11-27-28-12-17-18(24)6-3-7-19(17)25)9-20(26)22(21)30-13-14-4-2-5-16(23)8-14/h2-11,28H,12-13H2,1H3/b27-11-. The number of benzene rings is 3. The van der Waals surface area contributed by atoms with Crippen LogP contribution in [0.25, 0.3) is 0 Å². The number of rotatable bonds is 8. The zero-order valence-corrected chi connectivity index (χ0v) is 19.0. The van der Waals surface area contributed by atoms with Crippen LogP contribution in [0.5, 0.6) is 11.5 Å². The molecule has 0 saturated heterocycles. The van der Waals surface area contributed by atoms with E-state index in [1.54, 1.807) is 49.7 Å². The van der Waals surface area contributed by atoms with E-state index in [1.165, 1.54) is 0 Å². The summed E-state index contributed by atoms with van der Waals surface area (Å²) in [5, 5.41) is 6.42. The summed E-state index contributed by atoms with van der Waals surface area (Å²) in [6.45, 7) is 0.699. The minimum Gasteiger partial charge on any atom is -0.493 e. The van der Waals surface area contributed by atoms with Crippen molar-refractivity contribution in [2.24, 2.45) is 5.10 Å². The van der Waals surface area contributed by atoms with Gasteiger partial charge < -0.3 is 14.9 Å². The van der Waals surface area contributed by atoms with E-state index in [1.807, 2.05) is 18.2 Å². The molecule has 3 rings (SSSR count). The van der Waals surface area contributed by atoms with Crippen molar-refractivity contribution >= 4 is 52.6 Å². The number of halogens is 4. The Labute approximate surface area is 195 Å². The summed E-state index contributed by atoms with van der Waals surface area (Å²) in [7, 11) is 1.55. The largest absolute Gasteiger partial charge is 0.493 e. The molecule has 3 aromatic carbocycles. The maximum Gasteiger partial charge on any atom is 0.180 e. The zero-order valence-electron chi connectivity index (χ0n) is 16.0. The average molecular weight is 484 g/mol. The molecule has 0 spiro atoms. The molecule has 1 N–H and O–H groups in total. The van der Waals surface area contributed by atoms with E-state index in [0.29, 0.717) is 44.7 Å². The molecule has 30 heavy (non-hydrogen) atoms. The van der Waals surface area contributed by atoms with Crippen molar-refractivity contribution in [2.75, 3.05) is 7.11 Å². The lowest BCUT2D eigenvalue weighted by Gasteiger charge is -2.13. The van der Waals surface area contributed by atoms with E-state index in [4.69, 9.17) is 55.9 Å². The molecule has 0 saturated carbocycles. The Morgan fingerprint density at radius 3 is 2.37 bits per heavy atom. The van der Waals surface area contributed by atoms with Gasteiger partial charge in [0, 0.05) is 20.6 Å². The van der Waals surface area contributed by atoms with Crippen molar-refractivity contribution in [3.8, 4) is 11.5 Å². The molecule has 0 amide bonds. The Balaban J connectivity index is 1.68. The summed E-state index contributed by atoms with van der Waals surface area (Å²) in [5.41, 5.74) is 5.37. The van der Waals surface area contributed by atoms with Gasteiger partial charge in [-0.25, -0.2) is 0 Å². The predicted octanol–water partition coefficient (Wildman–Crippen LogP) is 7.01. The summed E-state index contributed by atoms with van der Waals surface area (Å²) < 4.78 is 11.3. The fourth-order valence-corrected chi connectivity index (χ4v) is 3.70. The molecular weight excluding hydrogens is 466 g/mol. The maximum absolute atomic E-state index is 6.41. The molecule has 3 aromatic rings. The first-order valence-corrected chi connectivity index (χ1v) is 10.4. The lowest BCUT2D eigenvalue weighted by atomic mass is 10.2. The van der Waals surface area contributed by atoms with Crippen LogP contribution in [0.4, 0.5) is 0 Å². The van der Waals surface area contributed by atoms with Gasteiger partial charge in [-0.15, -0.1) is 0 Å². The van der Waals surface area contributed by atoms with Crippen molar-refractivity contribution < 1.29 is 9.47 Å². The van der Waals surface area contributed by atoms with Gasteiger partial charge in [-0.2, -0.15) is 5.10 Å². The van der Waals surface area contributed by atoms with Gasteiger partial charge in [0.2, 0.25) is 0 Å². The number of nitrogens with zero attached hydrogens (tertiary/aromatic N) is 1. The van der Waals surface area contributed by atoms with Gasteiger partial charge in [-0.05, 0) is 47.5 Å². The first-order chi connectivity index (χ1) is 14.5. The van der Waals surface area contributed by atoms with E-state index < -0.39 is 0 Å². The molecule has 0 atom stereocenters. The van der Waals surface area contributed by atoms with Crippen molar-refractivity contribution in [3.05, 3.63) is 91.4 Å². The molecule has 0 aliphatic carbocycles. The lowest BCUT2D eigenvalue weighted by molar-refractivity contribution is 0.284. The molecule has 0 heterocycles. The van der Waals surface area contributed by atoms with Gasteiger partial charge >= 0.3 is 0 Å². The Hall–Kier alpha value is -2.11. The molecule has 0 aliphatic heterocycles. The molecule has 0 bridgehead atoms. The molecule has 0 radical (unpaired) electrons. The van der Waals surface area contributed by atoms with Gasteiger partial charge in [0.15, 0.2) is 11.5 Å². The van der Waals surface area contributed by atoms with Crippen LogP contribution in [-0.4, -0.2) is 13.3 Å². The normalized spacial score (nSPS) is 11.0. The molecule has 0 fully saturated rings. The van der Waals surface area contributed by atoms with Gasteiger partial charge in [0.25, 0.3) is 0 Å². The van der Waals surface area contributed by atoms with Crippen LogP contribution < -0.4 is 14.9 Å². The van der Waals surface area contributed by atoms with Gasteiger partial charge in [0.05, 0.1) is 24.9 Å². The minimum absolute atomic E-state index is 0.310. The smallest absolute Gasteiger partial charge is 0.180 e. The number of methoxy groups -OCH3 is 1. The van der Waals surface area contributed by atoms with E-state index in [-0.39, 0.29) is 0 Å². The van der Waals surface area contributed by atoms with E-state index in [9.17, 15) is 0 Å². The topological polar surface area (TPSA) is 42.8 Å². The maximum atomic E-state index is 6.41. The number of nitrogens with one attached hydrogen (secondary N) is 1. The monoisotopic (exact) mass is 482 g/mol. The van der Waals surface area contributed by atoms with Crippen LogP contribution in [-0.2, 0) is 13.2 Å². The second kappa shape index (κ2) is 10.8. The lowest BCUT2D eigenvalue weighted by Crippen LogP contribution is -2.07. The van der Waals surface area contributed by atoms with Crippen molar-refractivity contribution in [2.45, 2.75) is 13.2 Å². The van der Waals surface area contributed by atoms with Crippen LogP contribution in [0.1, 0.15) is 16.7 Å². The quantitative estimate of drug-likeness (QED) is 0.276. The van der Waals surface area contributed by atoms with Crippen LogP contribution in [0.3, 0.4) is 0 Å². The second-order valence-corrected chi connectivity index (χ2v) is 7.90. The third kappa shape index (κ3) is 5.96. The highest BCUT2D eigenvalue weighted by Crippen LogP contribution is 2.36. The Morgan fingerprint density at radius 2 is 1.67 bits per heavy atom. The summed E-state index contributed by atoms with van der Waals surface area (Å²) in [6.07, 6.45) is 1.62. The molecule has 0 aromatic heterocycles. The Kier molecular flexibility index (Phi) is 8.11. The Bertz CT molecular complexity index is 1040. The first kappa shape index (κ1) is 22.6. The van der Waals surface area contributed by atoms with Gasteiger partial charge in [-0.3, -0.25) is 0 Å². The number of hydrogen-bond donors (Lipinski definition) is 1. The van der Waals surface area contributed by atoms with Crippen molar-refractivity contribution in [3.63, 3.8) is 0 Å². The third-order valence-electron chi connectivity index (χ3n) is 4.15. The molecule has 4 nitrogen and oxygen atoms in total. The van der Waals surface area contributed by atoms with Crippen LogP contribution in [0.2, 0.25) is 20.1 Å².